The zero-order valence-corrected chi connectivity index (χ0v) is 13.4. The van der Waals surface area contributed by atoms with E-state index in [4.69, 9.17) is 15.9 Å². The lowest BCUT2D eigenvalue weighted by molar-refractivity contribution is 0.150. The molecule has 0 amide bonds. The molecular weight excluding hydrogens is 262 g/mol. The average Bonchev–Trinajstić information content (AvgIpc) is 2.46. The lowest BCUT2D eigenvalue weighted by atomic mass is 9.92. The van der Waals surface area contributed by atoms with E-state index in [0.29, 0.717) is 6.42 Å². The fourth-order valence-corrected chi connectivity index (χ4v) is 1.92. The molecule has 0 aliphatic rings. The molecule has 0 rings (SSSR count). The molecule has 4 N–H and O–H groups in total. The van der Waals surface area contributed by atoms with Gasteiger partial charge in [0.15, 0.2) is 0 Å². The Morgan fingerprint density at radius 3 is 2.00 bits per heavy atom. The monoisotopic (exact) mass is 293 g/mol. The van der Waals surface area contributed by atoms with E-state index in [2.05, 4.69) is 26.3 Å². The quantitative estimate of drug-likeness (QED) is 0.382. The van der Waals surface area contributed by atoms with E-state index >= 15 is 0 Å². The van der Waals surface area contributed by atoms with E-state index in [0.717, 1.165) is 48.0 Å². The highest BCUT2D eigenvalue weighted by Crippen LogP contribution is 2.23. The number of hydrogen-bond acceptors (Lipinski definition) is 3. The van der Waals surface area contributed by atoms with Crippen LogP contribution in [0.2, 0.25) is 0 Å². The molecule has 0 heterocycles. The molecule has 0 aromatic rings. The fraction of sp³-hybridized carbons (Fsp3) is 0.556. The van der Waals surface area contributed by atoms with Crippen LogP contribution >= 0.6 is 0 Å². The van der Waals surface area contributed by atoms with Gasteiger partial charge in [0.2, 0.25) is 0 Å². The van der Waals surface area contributed by atoms with Gasteiger partial charge in [-0.2, -0.15) is 0 Å². The standard InChI is InChI=1S/C18H31NO2/c1-13(2)18(19)9-7-14(3)6-8-15(4)16(5)10-17(11-20)12-21/h17-18,20-21H,1,3-12,19H2,2H3. The van der Waals surface area contributed by atoms with Crippen LogP contribution < -0.4 is 5.73 Å². The molecular formula is C18H31NO2. The highest BCUT2D eigenvalue weighted by molar-refractivity contribution is 5.26. The third-order valence-corrected chi connectivity index (χ3v) is 3.77. The van der Waals surface area contributed by atoms with Gasteiger partial charge in [-0.1, -0.05) is 48.6 Å². The van der Waals surface area contributed by atoms with Gasteiger partial charge >= 0.3 is 0 Å². The highest BCUT2D eigenvalue weighted by Gasteiger charge is 2.10. The molecule has 0 saturated carbocycles. The molecule has 0 radical (unpaired) electrons. The molecule has 120 valence electrons. The van der Waals surface area contributed by atoms with Crippen molar-refractivity contribution in [3.63, 3.8) is 0 Å². The summed E-state index contributed by atoms with van der Waals surface area (Å²) in [6.45, 7) is 17.8. The number of rotatable bonds is 12. The molecule has 3 heteroatoms. The second kappa shape index (κ2) is 10.6. The molecule has 0 spiro atoms. The third kappa shape index (κ3) is 8.66. The van der Waals surface area contributed by atoms with Crippen molar-refractivity contribution < 1.29 is 10.2 Å². The molecule has 0 fully saturated rings. The second-order valence-corrected chi connectivity index (χ2v) is 5.88. The lowest BCUT2D eigenvalue weighted by Gasteiger charge is -2.16. The van der Waals surface area contributed by atoms with Crippen molar-refractivity contribution in [1.82, 2.24) is 0 Å². The van der Waals surface area contributed by atoms with Crippen LogP contribution in [0.5, 0.6) is 0 Å². The molecule has 1 atom stereocenters. The molecule has 21 heavy (non-hydrogen) atoms. The van der Waals surface area contributed by atoms with Gasteiger partial charge in [0.05, 0.1) is 0 Å². The molecule has 0 aromatic carbocycles. The van der Waals surface area contributed by atoms with Gasteiger partial charge in [0.1, 0.15) is 0 Å². The summed E-state index contributed by atoms with van der Waals surface area (Å²) in [5.41, 5.74) is 9.95. The van der Waals surface area contributed by atoms with E-state index in [1.807, 2.05) is 6.92 Å². The number of nitrogens with two attached hydrogens (primary N) is 1. The van der Waals surface area contributed by atoms with Crippen LogP contribution in [-0.2, 0) is 0 Å². The lowest BCUT2D eigenvalue weighted by Crippen LogP contribution is -2.20. The van der Waals surface area contributed by atoms with Crippen LogP contribution in [0, 0.1) is 5.92 Å². The Hall–Kier alpha value is -1.16. The van der Waals surface area contributed by atoms with Crippen molar-refractivity contribution >= 4 is 0 Å². The summed E-state index contributed by atoms with van der Waals surface area (Å²) in [6, 6.07) is 0.0368. The largest absolute Gasteiger partial charge is 0.396 e. The van der Waals surface area contributed by atoms with Crippen LogP contribution in [-0.4, -0.2) is 29.5 Å². The molecule has 0 aliphatic carbocycles. The number of allylic oxidation sites excluding steroid dienone is 3. The zero-order chi connectivity index (χ0) is 16.4. The molecule has 0 saturated heterocycles. The predicted octanol–water partition coefficient (Wildman–Crippen LogP) is 3.11. The maximum Gasteiger partial charge on any atom is 0.0484 e. The SMILES string of the molecule is C=C(CCC(=C)C(=C)CC(CO)CO)CCC(N)C(=C)C. The summed E-state index contributed by atoms with van der Waals surface area (Å²) in [4.78, 5) is 0. The minimum atomic E-state index is -0.147. The van der Waals surface area contributed by atoms with Gasteiger partial charge in [-0.05, 0) is 39.0 Å². The van der Waals surface area contributed by atoms with Gasteiger partial charge in [-0.15, -0.1) is 0 Å². The maximum atomic E-state index is 9.08. The minimum Gasteiger partial charge on any atom is -0.396 e. The van der Waals surface area contributed by atoms with Gasteiger partial charge in [0, 0.05) is 25.2 Å². The summed E-state index contributed by atoms with van der Waals surface area (Å²) in [5.74, 6) is -0.147. The Bertz CT molecular complexity index is 381. The summed E-state index contributed by atoms with van der Waals surface area (Å²) in [7, 11) is 0. The summed E-state index contributed by atoms with van der Waals surface area (Å²) in [5, 5.41) is 18.2. The first-order valence-corrected chi connectivity index (χ1v) is 7.47. The minimum absolute atomic E-state index is 0.0334. The van der Waals surface area contributed by atoms with E-state index in [9.17, 15) is 0 Å². The van der Waals surface area contributed by atoms with Crippen molar-refractivity contribution in [2.75, 3.05) is 13.2 Å². The van der Waals surface area contributed by atoms with E-state index in [1.165, 1.54) is 0 Å². The summed E-state index contributed by atoms with van der Waals surface area (Å²) < 4.78 is 0. The molecule has 0 aliphatic heterocycles. The summed E-state index contributed by atoms with van der Waals surface area (Å²) >= 11 is 0. The van der Waals surface area contributed by atoms with Crippen LogP contribution in [0.25, 0.3) is 0 Å². The normalized spacial score (nSPS) is 12.2. The predicted molar refractivity (Wildman–Crippen MR) is 91.0 cm³/mol. The van der Waals surface area contributed by atoms with Gasteiger partial charge < -0.3 is 15.9 Å². The summed E-state index contributed by atoms with van der Waals surface area (Å²) in [6.07, 6.45) is 4.02. The maximum absolute atomic E-state index is 9.08. The number of aliphatic hydroxyl groups is 2. The van der Waals surface area contributed by atoms with Crippen molar-refractivity contribution in [3.05, 3.63) is 48.6 Å². The van der Waals surface area contributed by atoms with Crippen LogP contribution in [0.15, 0.2) is 48.6 Å². The second-order valence-electron chi connectivity index (χ2n) is 5.88. The van der Waals surface area contributed by atoms with Crippen molar-refractivity contribution in [2.24, 2.45) is 11.7 Å². The highest BCUT2D eigenvalue weighted by atomic mass is 16.3. The Labute approximate surface area is 129 Å². The first-order chi connectivity index (χ1) is 9.81. The van der Waals surface area contributed by atoms with Gasteiger partial charge in [0.25, 0.3) is 0 Å². The van der Waals surface area contributed by atoms with Gasteiger partial charge in [-0.25, -0.2) is 0 Å². The van der Waals surface area contributed by atoms with E-state index in [-0.39, 0.29) is 25.2 Å². The molecule has 0 aromatic heterocycles. The molecule has 1 unspecified atom stereocenters. The molecule has 3 nitrogen and oxygen atoms in total. The Morgan fingerprint density at radius 1 is 0.952 bits per heavy atom. The first-order valence-electron chi connectivity index (χ1n) is 7.47. The van der Waals surface area contributed by atoms with E-state index < -0.39 is 0 Å². The Morgan fingerprint density at radius 2 is 1.52 bits per heavy atom. The number of hydrogen-bond donors (Lipinski definition) is 3. The van der Waals surface area contributed by atoms with Gasteiger partial charge in [-0.3, -0.25) is 0 Å². The Kier molecular flexibility index (Phi) is 9.97. The van der Waals surface area contributed by atoms with Crippen LogP contribution in [0.1, 0.15) is 39.0 Å². The Balaban J connectivity index is 4.04. The van der Waals surface area contributed by atoms with E-state index in [1.54, 1.807) is 0 Å². The van der Waals surface area contributed by atoms with Crippen molar-refractivity contribution in [3.8, 4) is 0 Å². The first kappa shape index (κ1) is 19.8. The topological polar surface area (TPSA) is 66.5 Å². The average molecular weight is 293 g/mol. The van der Waals surface area contributed by atoms with Crippen molar-refractivity contribution in [2.45, 2.75) is 45.1 Å². The fourth-order valence-electron chi connectivity index (χ4n) is 1.92. The van der Waals surface area contributed by atoms with Crippen molar-refractivity contribution in [1.29, 1.82) is 0 Å². The van der Waals surface area contributed by atoms with Crippen LogP contribution in [0.3, 0.4) is 0 Å². The molecule has 0 bridgehead atoms. The third-order valence-electron chi connectivity index (χ3n) is 3.77. The van der Waals surface area contributed by atoms with Crippen LogP contribution in [0.4, 0.5) is 0 Å². The zero-order valence-electron chi connectivity index (χ0n) is 13.4. The number of aliphatic hydroxyl groups excluding tert-OH is 2. The smallest absolute Gasteiger partial charge is 0.0484 e.